The summed E-state index contributed by atoms with van der Waals surface area (Å²) in [4.78, 5) is 24.9. The van der Waals surface area contributed by atoms with Gasteiger partial charge in [-0.1, -0.05) is 29.8 Å². The molecule has 0 heterocycles. The van der Waals surface area contributed by atoms with Crippen LogP contribution in [0.5, 0.6) is 0 Å². The first-order valence-electron chi connectivity index (χ1n) is 7.99. The van der Waals surface area contributed by atoms with Crippen molar-refractivity contribution in [1.82, 2.24) is 0 Å². The number of amides is 2. The molecule has 0 aromatic heterocycles. The zero-order chi connectivity index (χ0) is 19.3. The first-order chi connectivity index (χ1) is 12.2. The van der Waals surface area contributed by atoms with Crippen LogP contribution in [0.2, 0.25) is 0 Å². The van der Waals surface area contributed by atoms with Gasteiger partial charge in [0.25, 0.3) is 0 Å². The predicted molar refractivity (Wildman–Crippen MR) is 93.9 cm³/mol. The second kappa shape index (κ2) is 8.03. The van der Waals surface area contributed by atoms with E-state index in [1.54, 1.807) is 12.1 Å². The van der Waals surface area contributed by atoms with Gasteiger partial charge in [0.1, 0.15) is 0 Å². The number of hydrogen-bond donors (Lipinski definition) is 1. The number of nitrogens with one attached hydrogen (secondary N) is 1. The summed E-state index contributed by atoms with van der Waals surface area (Å²) in [5, 5.41) is 2.66. The Kier molecular flexibility index (Phi) is 6.02. The molecule has 0 saturated heterocycles. The lowest BCUT2D eigenvalue weighted by Gasteiger charge is -2.24. The highest BCUT2D eigenvalue weighted by Crippen LogP contribution is 2.36. The maximum Gasteiger partial charge on any atom is 0.418 e. The molecule has 138 valence electrons. The van der Waals surface area contributed by atoms with Crippen molar-refractivity contribution in [3.05, 3.63) is 59.7 Å². The second-order valence-electron chi connectivity index (χ2n) is 5.85. The maximum absolute atomic E-state index is 13.2. The van der Waals surface area contributed by atoms with Gasteiger partial charge < -0.3 is 10.2 Å². The lowest BCUT2D eigenvalue weighted by Crippen LogP contribution is -2.33. The molecule has 0 radical (unpaired) electrons. The highest BCUT2D eigenvalue weighted by atomic mass is 19.4. The van der Waals surface area contributed by atoms with Crippen LogP contribution in [0.1, 0.15) is 24.5 Å². The Labute approximate surface area is 149 Å². The van der Waals surface area contributed by atoms with Gasteiger partial charge in [-0.05, 0) is 31.2 Å². The molecule has 0 aliphatic heterocycles. The zero-order valence-corrected chi connectivity index (χ0v) is 14.4. The van der Waals surface area contributed by atoms with E-state index in [1.807, 2.05) is 19.1 Å². The van der Waals surface area contributed by atoms with E-state index in [4.69, 9.17) is 0 Å². The molecule has 2 rings (SSSR count). The van der Waals surface area contributed by atoms with Crippen molar-refractivity contribution < 1.29 is 22.8 Å². The fourth-order valence-electron chi connectivity index (χ4n) is 2.47. The van der Waals surface area contributed by atoms with Gasteiger partial charge in [0, 0.05) is 25.6 Å². The van der Waals surface area contributed by atoms with Crippen LogP contribution >= 0.6 is 0 Å². The van der Waals surface area contributed by atoms with Crippen LogP contribution in [0.4, 0.5) is 24.5 Å². The molecule has 1 N–H and O–H groups in total. The third-order valence-electron chi connectivity index (χ3n) is 3.78. The molecule has 0 spiro atoms. The van der Waals surface area contributed by atoms with Gasteiger partial charge in [0.2, 0.25) is 11.8 Å². The van der Waals surface area contributed by atoms with Crippen LogP contribution in [0, 0.1) is 6.92 Å². The van der Waals surface area contributed by atoms with Crippen LogP contribution < -0.4 is 10.2 Å². The number of carbonyl (C=O) groups excluding carboxylic acids is 2. The molecule has 0 atom stereocenters. The number of nitrogens with zero attached hydrogens (tertiary/aromatic N) is 1. The average molecular weight is 364 g/mol. The summed E-state index contributed by atoms with van der Waals surface area (Å²) in [7, 11) is 0. The first-order valence-corrected chi connectivity index (χ1v) is 7.99. The summed E-state index contributed by atoms with van der Waals surface area (Å²) in [6, 6.07) is 11.9. The van der Waals surface area contributed by atoms with Gasteiger partial charge in [-0.15, -0.1) is 0 Å². The summed E-state index contributed by atoms with van der Waals surface area (Å²) in [5.41, 5.74) is 0.463. The van der Waals surface area contributed by atoms with E-state index in [9.17, 15) is 22.8 Å². The van der Waals surface area contributed by atoms with Gasteiger partial charge in [-0.25, -0.2) is 0 Å². The van der Waals surface area contributed by atoms with Crippen LogP contribution in [-0.2, 0) is 15.8 Å². The number of alkyl halides is 3. The molecular formula is C19H19F3N2O2. The number of halogens is 3. The van der Waals surface area contributed by atoms with Gasteiger partial charge in [-0.3, -0.25) is 9.59 Å². The van der Waals surface area contributed by atoms with E-state index in [1.165, 1.54) is 25.1 Å². The van der Waals surface area contributed by atoms with E-state index in [0.29, 0.717) is 5.69 Å². The fraction of sp³-hybridized carbons (Fsp3) is 0.263. The van der Waals surface area contributed by atoms with Crippen LogP contribution in [0.15, 0.2) is 48.5 Å². The van der Waals surface area contributed by atoms with Crippen molar-refractivity contribution >= 4 is 23.2 Å². The Morgan fingerprint density at radius 1 is 1.04 bits per heavy atom. The molecule has 0 saturated carbocycles. The highest BCUT2D eigenvalue weighted by Gasteiger charge is 2.35. The lowest BCUT2D eigenvalue weighted by molar-refractivity contribution is -0.137. The van der Waals surface area contributed by atoms with Crippen molar-refractivity contribution in [3.8, 4) is 0 Å². The van der Waals surface area contributed by atoms with Crippen molar-refractivity contribution in [3.63, 3.8) is 0 Å². The number of rotatable bonds is 5. The second-order valence-corrected chi connectivity index (χ2v) is 5.85. The Bertz CT molecular complexity index is 786. The monoisotopic (exact) mass is 364 g/mol. The Morgan fingerprint density at radius 2 is 1.65 bits per heavy atom. The van der Waals surface area contributed by atoms with Crippen LogP contribution in [0.25, 0.3) is 0 Å². The smallest absolute Gasteiger partial charge is 0.326 e. The Hall–Kier alpha value is -2.83. The molecular weight excluding hydrogens is 345 g/mol. The van der Waals surface area contributed by atoms with Crippen LogP contribution in [-0.4, -0.2) is 18.4 Å². The van der Waals surface area contributed by atoms with Crippen molar-refractivity contribution in [2.75, 3.05) is 16.8 Å². The minimum Gasteiger partial charge on any atom is -0.326 e. The number of anilines is 2. The Balaban J connectivity index is 2.11. The van der Waals surface area contributed by atoms with Gasteiger partial charge in [0.15, 0.2) is 0 Å². The molecule has 4 nitrogen and oxygen atoms in total. The SMILES string of the molecule is CC(=O)N(CCC(=O)Nc1ccc(C)cc1)c1ccccc1C(F)(F)F. The van der Waals surface area contributed by atoms with E-state index in [2.05, 4.69) is 5.32 Å². The van der Waals surface area contributed by atoms with Gasteiger partial charge in [-0.2, -0.15) is 13.2 Å². The molecule has 2 aromatic rings. The normalized spacial score (nSPS) is 11.1. The van der Waals surface area contributed by atoms with Gasteiger partial charge in [0.05, 0.1) is 11.3 Å². The molecule has 0 aliphatic carbocycles. The molecule has 0 aliphatic rings. The topological polar surface area (TPSA) is 49.4 Å². The first kappa shape index (κ1) is 19.5. The summed E-state index contributed by atoms with van der Waals surface area (Å²) in [6.45, 7) is 2.93. The molecule has 7 heteroatoms. The summed E-state index contributed by atoms with van der Waals surface area (Å²) >= 11 is 0. The standard InChI is InChI=1S/C19H19F3N2O2/c1-13-7-9-15(10-8-13)23-18(26)11-12-24(14(2)25)17-6-4-3-5-16(17)19(20,21)22/h3-10H,11-12H2,1-2H3,(H,23,26). The lowest BCUT2D eigenvalue weighted by atomic mass is 10.1. The largest absolute Gasteiger partial charge is 0.418 e. The number of aryl methyl sites for hydroxylation is 1. The van der Waals surface area contributed by atoms with Crippen molar-refractivity contribution in [1.29, 1.82) is 0 Å². The third-order valence-corrected chi connectivity index (χ3v) is 3.78. The third kappa shape index (κ3) is 5.08. The summed E-state index contributed by atoms with van der Waals surface area (Å²) in [6.07, 6.45) is -4.71. The number of para-hydroxylation sites is 1. The predicted octanol–water partition coefficient (Wildman–Crippen LogP) is 4.40. The fourth-order valence-corrected chi connectivity index (χ4v) is 2.47. The van der Waals surface area contributed by atoms with Crippen molar-refractivity contribution in [2.24, 2.45) is 0 Å². The summed E-state index contributed by atoms with van der Waals surface area (Å²) in [5.74, 6) is -0.950. The van der Waals surface area contributed by atoms with Crippen molar-refractivity contribution in [2.45, 2.75) is 26.4 Å². The Morgan fingerprint density at radius 3 is 2.23 bits per heavy atom. The molecule has 0 unspecified atom stereocenters. The molecule has 2 amide bonds. The zero-order valence-electron chi connectivity index (χ0n) is 14.4. The minimum atomic E-state index is -4.59. The van der Waals surface area contributed by atoms with E-state index in [-0.39, 0.29) is 24.6 Å². The number of hydrogen-bond acceptors (Lipinski definition) is 2. The van der Waals surface area contributed by atoms with Crippen LogP contribution in [0.3, 0.4) is 0 Å². The quantitative estimate of drug-likeness (QED) is 0.855. The number of benzene rings is 2. The van der Waals surface area contributed by atoms with E-state index >= 15 is 0 Å². The summed E-state index contributed by atoms with van der Waals surface area (Å²) < 4.78 is 39.5. The minimum absolute atomic E-state index is 0.125. The van der Waals surface area contributed by atoms with Gasteiger partial charge >= 0.3 is 6.18 Å². The molecule has 26 heavy (non-hydrogen) atoms. The average Bonchev–Trinajstić information content (AvgIpc) is 2.56. The molecule has 0 fully saturated rings. The maximum atomic E-state index is 13.2. The van der Waals surface area contributed by atoms with E-state index in [0.717, 1.165) is 16.5 Å². The van der Waals surface area contributed by atoms with E-state index < -0.39 is 17.6 Å². The molecule has 2 aromatic carbocycles. The number of carbonyl (C=O) groups is 2. The molecule has 0 bridgehead atoms. The highest BCUT2D eigenvalue weighted by molar-refractivity contribution is 5.95.